The Kier molecular flexibility index (Phi) is 13.9. The summed E-state index contributed by atoms with van der Waals surface area (Å²) < 4.78 is 23.0. The van der Waals surface area contributed by atoms with Gasteiger partial charge in [0.1, 0.15) is 42.3 Å². The highest BCUT2D eigenvalue weighted by Gasteiger charge is 2.31. The van der Waals surface area contributed by atoms with Crippen molar-refractivity contribution in [2.24, 2.45) is 0 Å². The first-order valence-electron chi connectivity index (χ1n) is 17.8. The molecule has 282 valence electrons. The molecule has 5 amide bonds. The average molecular weight is 730 g/mol. The Labute approximate surface area is 309 Å². The minimum absolute atomic E-state index is 0.00371. The smallest absolute Gasteiger partial charge is 0.257 e. The SMILES string of the molecule is COc1ccc(OCCNC(=O)[C@@H]2CCC(=O)N3CCC[C@H]3COc3ccccc3C(=O)N(C)CC(=O)NCCCOc3ccccc3C(=O)N2)cc1. The van der Waals surface area contributed by atoms with Crippen LogP contribution in [0.5, 0.6) is 23.0 Å². The van der Waals surface area contributed by atoms with E-state index in [-0.39, 0.29) is 81.6 Å². The van der Waals surface area contributed by atoms with Crippen LogP contribution in [0.25, 0.3) is 0 Å². The van der Waals surface area contributed by atoms with E-state index in [9.17, 15) is 24.0 Å². The van der Waals surface area contributed by atoms with Gasteiger partial charge in [0.25, 0.3) is 11.8 Å². The van der Waals surface area contributed by atoms with Gasteiger partial charge >= 0.3 is 0 Å². The number of ether oxygens (including phenoxy) is 4. The minimum Gasteiger partial charge on any atom is -0.497 e. The molecule has 0 bridgehead atoms. The summed E-state index contributed by atoms with van der Waals surface area (Å²) in [6, 6.07) is 19.2. The predicted molar refractivity (Wildman–Crippen MR) is 195 cm³/mol. The average Bonchev–Trinajstić information content (AvgIpc) is 3.65. The fourth-order valence-electron chi connectivity index (χ4n) is 6.16. The molecule has 3 N–H and O–H groups in total. The third-order valence-corrected chi connectivity index (χ3v) is 9.00. The van der Waals surface area contributed by atoms with Crippen molar-refractivity contribution in [1.82, 2.24) is 25.8 Å². The predicted octanol–water partition coefficient (Wildman–Crippen LogP) is 2.81. The molecule has 2 atom stereocenters. The Bertz CT molecular complexity index is 1730. The van der Waals surface area contributed by atoms with Gasteiger partial charge in [-0.25, -0.2) is 0 Å². The maximum absolute atomic E-state index is 13.6. The molecule has 1 saturated heterocycles. The van der Waals surface area contributed by atoms with Gasteiger partial charge in [-0.2, -0.15) is 0 Å². The molecule has 0 aliphatic carbocycles. The first kappa shape index (κ1) is 38.4. The van der Waals surface area contributed by atoms with Crippen molar-refractivity contribution in [3.63, 3.8) is 0 Å². The number of rotatable bonds is 6. The van der Waals surface area contributed by atoms with E-state index in [1.54, 1.807) is 91.9 Å². The number of para-hydroxylation sites is 2. The lowest BCUT2D eigenvalue weighted by molar-refractivity contribution is -0.133. The van der Waals surface area contributed by atoms with E-state index >= 15 is 0 Å². The number of hydrogen-bond donors (Lipinski definition) is 3. The largest absolute Gasteiger partial charge is 0.497 e. The van der Waals surface area contributed by atoms with Crippen molar-refractivity contribution < 1.29 is 42.9 Å². The Morgan fingerprint density at radius 3 is 2.34 bits per heavy atom. The second-order valence-corrected chi connectivity index (χ2v) is 12.8. The quantitative estimate of drug-likeness (QED) is 0.324. The second kappa shape index (κ2) is 19.2. The molecule has 14 nitrogen and oxygen atoms in total. The van der Waals surface area contributed by atoms with Crippen LogP contribution in [-0.2, 0) is 14.4 Å². The fraction of sp³-hybridized carbons (Fsp3) is 0.410. The Balaban J connectivity index is 1.31. The lowest BCUT2D eigenvalue weighted by atomic mass is 10.1. The number of carbonyl (C=O) groups is 5. The van der Waals surface area contributed by atoms with Crippen molar-refractivity contribution in [3.8, 4) is 23.0 Å². The van der Waals surface area contributed by atoms with Crippen LogP contribution < -0.4 is 34.9 Å². The zero-order chi connectivity index (χ0) is 37.6. The van der Waals surface area contributed by atoms with Gasteiger partial charge in [-0.05, 0) is 74.2 Å². The summed E-state index contributed by atoms with van der Waals surface area (Å²) >= 11 is 0. The number of benzene rings is 3. The van der Waals surface area contributed by atoms with Gasteiger partial charge in [0.05, 0.1) is 44.0 Å². The van der Waals surface area contributed by atoms with Crippen molar-refractivity contribution in [2.75, 3.05) is 60.2 Å². The Morgan fingerprint density at radius 1 is 0.887 bits per heavy atom. The summed E-state index contributed by atoms with van der Waals surface area (Å²) in [4.78, 5) is 69.9. The molecule has 1 fully saturated rings. The highest BCUT2D eigenvalue weighted by atomic mass is 16.5. The molecule has 0 saturated carbocycles. The van der Waals surface area contributed by atoms with E-state index in [1.165, 1.54) is 4.90 Å². The van der Waals surface area contributed by atoms with E-state index in [1.807, 2.05) is 0 Å². The molecule has 3 aromatic carbocycles. The van der Waals surface area contributed by atoms with Gasteiger partial charge in [-0.15, -0.1) is 0 Å². The van der Waals surface area contributed by atoms with Gasteiger partial charge in [0.2, 0.25) is 17.7 Å². The van der Waals surface area contributed by atoms with Gasteiger partial charge in [0.15, 0.2) is 0 Å². The number of carbonyl (C=O) groups excluding carboxylic acids is 5. The molecule has 2 heterocycles. The van der Waals surface area contributed by atoms with Crippen LogP contribution in [0.4, 0.5) is 0 Å². The van der Waals surface area contributed by atoms with E-state index in [0.29, 0.717) is 47.9 Å². The van der Waals surface area contributed by atoms with Crippen LogP contribution in [0.2, 0.25) is 0 Å². The molecule has 0 aromatic heterocycles. The lowest BCUT2D eigenvalue weighted by Gasteiger charge is -2.26. The first-order chi connectivity index (χ1) is 25.7. The van der Waals surface area contributed by atoms with Gasteiger partial charge in [-0.1, -0.05) is 24.3 Å². The van der Waals surface area contributed by atoms with Crippen LogP contribution in [0, 0.1) is 0 Å². The van der Waals surface area contributed by atoms with E-state index in [0.717, 1.165) is 6.42 Å². The fourth-order valence-corrected chi connectivity index (χ4v) is 6.16. The first-order valence-corrected chi connectivity index (χ1v) is 17.8. The summed E-state index contributed by atoms with van der Waals surface area (Å²) in [5.74, 6) is 0.0758. The molecular formula is C39H47N5O9. The number of fused-ring (bicyclic) bond motifs is 3. The maximum Gasteiger partial charge on any atom is 0.257 e. The molecule has 0 spiro atoms. The van der Waals surface area contributed by atoms with Gasteiger partial charge < -0.3 is 44.7 Å². The zero-order valence-electron chi connectivity index (χ0n) is 30.1. The minimum atomic E-state index is -1.04. The molecule has 0 unspecified atom stereocenters. The molecular weight excluding hydrogens is 682 g/mol. The van der Waals surface area contributed by atoms with Crippen LogP contribution in [0.3, 0.4) is 0 Å². The third-order valence-electron chi connectivity index (χ3n) is 9.00. The number of nitrogens with one attached hydrogen (secondary N) is 3. The summed E-state index contributed by atoms with van der Waals surface area (Å²) in [6.07, 6.45) is 1.94. The normalized spacial score (nSPS) is 19.3. The molecule has 3 aromatic rings. The molecule has 0 radical (unpaired) electrons. The van der Waals surface area contributed by atoms with Gasteiger partial charge in [0, 0.05) is 26.6 Å². The standard InChI is InChI=1S/C39H47N5O9/c1-43-25-35(45)40-20-8-23-52-33-12-5-3-10-30(33)37(47)42-32(38(48)41-21-24-51-29-16-14-28(50-2)15-17-29)18-19-36(46)44-22-7-9-27(44)26-53-34-13-6-4-11-31(34)39(43)49/h3-6,10-17,27,32H,7-9,18-26H2,1-2H3,(H,40,45)(H,41,48)(H,42,47)/t27-,32-/m0/s1. The Morgan fingerprint density at radius 2 is 1.58 bits per heavy atom. The van der Waals surface area contributed by atoms with Crippen molar-refractivity contribution in [2.45, 2.75) is 44.2 Å². The summed E-state index contributed by atoms with van der Waals surface area (Å²) in [5, 5.41) is 8.44. The number of methoxy groups -OCH3 is 1. The van der Waals surface area contributed by atoms with E-state index in [2.05, 4.69) is 16.0 Å². The molecule has 2 aliphatic rings. The number of amides is 5. The van der Waals surface area contributed by atoms with Crippen LogP contribution in [-0.4, -0.2) is 112 Å². The second-order valence-electron chi connectivity index (χ2n) is 12.8. The van der Waals surface area contributed by atoms with E-state index in [4.69, 9.17) is 18.9 Å². The van der Waals surface area contributed by atoms with Crippen LogP contribution >= 0.6 is 0 Å². The number of nitrogens with zero attached hydrogens (tertiary/aromatic N) is 2. The molecule has 2 aliphatic heterocycles. The highest BCUT2D eigenvalue weighted by molar-refractivity contribution is 6.00. The summed E-state index contributed by atoms with van der Waals surface area (Å²) in [6.45, 7) is 1.32. The molecule has 14 heteroatoms. The van der Waals surface area contributed by atoms with Crippen LogP contribution in [0.15, 0.2) is 72.8 Å². The monoisotopic (exact) mass is 729 g/mol. The van der Waals surface area contributed by atoms with E-state index < -0.39 is 17.9 Å². The zero-order valence-corrected chi connectivity index (χ0v) is 30.1. The summed E-state index contributed by atoms with van der Waals surface area (Å²) in [5.41, 5.74) is 0.529. The topological polar surface area (TPSA) is 165 Å². The number of hydrogen-bond acceptors (Lipinski definition) is 9. The number of likely N-dealkylation sites (N-methyl/N-ethyl adjacent to an activating group) is 1. The van der Waals surface area contributed by atoms with Crippen molar-refractivity contribution in [3.05, 3.63) is 83.9 Å². The third kappa shape index (κ3) is 10.9. The van der Waals surface area contributed by atoms with Gasteiger partial charge in [-0.3, -0.25) is 24.0 Å². The molecule has 53 heavy (non-hydrogen) atoms. The maximum atomic E-state index is 13.6. The highest BCUT2D eigenvalue weighted by Crippen LogP contribution is 2.25. The Hall–Kier alpha value is -5.79. The lowest BCUT2D eigenvalue weighted by Crippen LogP contribution is -2.48. The summed E-state index contributed by atoms with van der Waals surface area (Å²) in [7, 11) is 3.12. The van der Waals surface area contributed by atoms with Crippen molar-refractivity contribution >= 4 is 29.5 Å². The molecule has 5 rings (SSSR count). The van der Waals surface area contributed by atoms with Crippen molar-refractivity contribution in [1.29, 1.82) is 0 Å². The van der Waals surface area contributed by atoms with Crippen LogP contribution in [0.1, 0.15) is 52.8 Å².